The van der Waals surface area contributed by atoms with Gasteiger partial charge in [0, 0.05) is 10.6 Å². The number of para-hydroxylation sites is 1. The largest absolute Gasteiger partial charge is 0.496 e. The minimum atomic E-state index is -0.573. The van der Waals surface area contributed by atoms with E-state index in [-0.39, 0.29) is 25.0 Å². The topological polar surface area (TPSA) is 124 Å². The molecule has 0 bridgehead atoms. The summed E-state index contributed by atoms with van der Waals surface area (Å²) in [4.78, 5) is 40.3. The fraction of sp³-hybridized carbons (Fsp3) is 0.323. The molecule has 10 nitrogen and oxygen atoms in total. The van der Waals surface area contributed by atoms with Crippen LogP contribution in [0.2, 0.25) is 0 Å². The number of methoxy groups -OCH3 is 1. The number of rotatable bonds is 11. The SMILES string of the molecule is CCOC(=O)c1c(NC(=O)[C@H](C)Sc2nnc(CNC(=O)c3ccccc3OC)n2-c2cccc(C)c2)sc2c1CCC2. The molecule has 0 aliphatic heterocycles. The van der Waals surface area contributed by atoms with E-state index in [0.717, 1.165) is 41.0 Å². The van der Waals surface area contributed by atoms with E-state index < -0.39 is 11.2 Å². The van der Waals surface area contributed by atoms with Crippen molar-refractivity contribution in [2.24, 2.45) is 0 Å². The summed E-state index contributed by atoms with van der Waals surface area (Å²) in [5.74, 6) is -0.00297. The number of esters is 1. The Morgan fingerprint density at radius 3 is 2.70 bits per heavy atom. The van der Waals surface area contributed by atoms with Gasteiger partial charge in [-0.25, -0.2) is 4.79 Å². The van der Waals surface area contributed by atoms with Crippen LogP contribution < -0.4 is 15.4 Å². The summed E-state index contributed by atoms with van der Waals surface area (Å²) in [6, 6.07) is 14.8. The Morgan fingerprint density at radius 2 is 1.93 bits per heavy atom. The number of hydrogen-bond donors (Lipinski definition) is 2. The van der Waals surface area contributed by atoms with Gasteiger partial charge in [-0.15, -0.1) is 21.5 Å². The Morgan fingerprint density at radius 1 is 1.12 bits per heavy atom. The van der Waals surface area contributed by atoms with Crippen LogP contribution in [0.15, 0.2) is 53.7 Å². The Balaban J connectivity index is 1.37. The zero-order valence-corrected chi connectivity index (χ0v) is 26.1. The maximum atomic E-state index is 13.4. The molecule has 0 saturated heterocycles. The summed E-state index contributed by atoms with van der Waals surface area (Å²) in [6.45, 7) is 5.90. The van der Waals surface area contributed by atoms with E-state index >= 15 is 0 Å². The number of ether oxygens (including phenoxy) is 2. The van der Waals surface area contributed by atoms with Crippen molar-refractivity contribution < 1.29 is 23.9 Å². The molecular weight excluding hydrogens is 587 g/mol. The first-order valence-electron chi connectivity index (χ1n) is 14.0. The van der Waals surface area contributed by atoms with Crippen LogP contribution in [0.1, 0.15) is 62.8 Å². The van der Waals surface area contributed by atoms with E-state index in [4.69, 9.17) is 9.47 Å². The minimum Gasteiger partial charge on any atom is -0.496 e. The molecule has 2 amide bonds. The number of aromatic nitrogens is 3. The molecule has 1 aliphatic rings. The summed E-state index contributed by atoms with van der Waals surface area (Å²) < 4.78 is 12.5. The molecule has 0 unspecified atom stereocenters. The molecule has 0 saturated carbocycles. The lowest BCUT2D eigenvalue weighted by Crippen LogP contribution is -2.25. The highest BCUT2D eigenvalue weighted by atomic mass is 32.2. The molecule has 5 rings (SSSR count). The lowest BCUT2D eigenvalue weighted by molar-refractivity contribution is -0.115. The lowest BCUT2D eigenvalue weighted by atomic mass is 10.1. The summed E-state index contributed by atoms with van der Waals surface area (Å²) >= 11 is 2.69. The maximum Gasteiger partial charge on any atom is 0.341 e. The number of carbonyl (C=O) groups is 3. The van der Waals surface area contributed by atoms with E-state index in [1.165, 1.54) is 30.2 Å². The summed E-state index contributed by atoms with van der Waals surface area (Å²) in [5, 5.41) is 15.1. The normalized spacial score (nSPS) is 12.8. The smallest absolute Gasteiger partial charge is 0.341 e. The first kappa shape index (κ1) is 30.3. The third kappa shape index (κ3) is 6.60. The van der Waals surface area contributed by atoms with Gasteiger partial charge in [0.2, 0.25) is 5.91 Å². The van der Waals surface area contributed by atoms with Crippen molar-refractivity contribution in [3.63, 3.8) is 0 Å². The zero-order chi connectivity index (χ0) is 30.5. The van der Waals surface area contributed by atoms with Gasteiger partial charge in [0.15, 0.2) is 11.0 Å². The zero-order valence-electron chi connectivity index (χ0n) is 24.4. The van der Waals surface area contributed by atoms with Crippen LogP contribution in [0.25, 0.3) is 5.69 Å². The number of thiophene rings is 1. The first-order valence-corrected chi connectivity index (χ1v) is 15.7. The van der Waals surface area contributed by atoms with Gasteiger partial charge in [-0.1, -0.05) is 36.0 Å². The monoisotopic (exact) mass is 619 g/mol. The number of benzene rings is 2. The van der Waals surface area contributed by atoms with Crippen molar-refractivity contribution in [3.05, 3.63) is 81.5 Å². The molecule has 2 aromatic carbocycles. The van der Waals surface area contributed by atoms with E-state index in [2.05, 4.69) is 20.8 Å². The molecule has 2 N–H and O–H groups in total. The third-order valence-electron chi connectivity index (χ3n) is 7.01. The van der Waals surface area contributed by atoms with Crippen LogP contribution in [0, 0.1) is 6.92 Å². The predicted molar refractivity (Wildman–Crippen MR) is 167 cm³/mol. The van der Waals surface area contributed by atoms with Crippen molar-refractivity contribution in [1.29, 1.82) is 0 Å². The van der Waals surface area contributed by atoms with Crippen molar-refractivity contribution in [3.8, 4) is 11.4 Å². The molecular formula is C31H33N5O5S2. The average Bonchev–Trinajstić information content (AvgIpc) is 3.70. The van der Waals surface area contributed by atoms with Gasteiger partial charge >= 0.3 is 5.97 Å². The van der Waals surface area contributed by atoms with Gasteiger partial charge in [0.05, 0.1) is 36.6 Å². The van der Waals surface area contributed by atoms with E-state index in [9.17, 15) is 14.4 Å². The van der Waals surface area contributed by atoms with Gasteiger partial charge in [-0.2, -0.15) is 0 Å². The van der Waals surface area contributed by atoms with E-state index in [1.54, 1.807) is 38.1 Å². The Kier molecular flexibility index (Phi) is 9.46. The number of nitrogens with one attached hydrogen (secondary N) is 2. The predicted octanol–water partition coefficient (Wildman–Crippen LogP) is 5.36. The van der Waals surface area contributed by atoms with Crippen molar-refractivity contribution in [1.82, 2.24) is 20.1 Å². The maximum absolute atomic E-state index is 13.4. The molecule has 43 heavy (non-hydrogen) atoms. The highest BCUT2D eigenvalue weighted by Gasteiger charge is 2.30. The molecule has 0 radical (unpaired) electrons. The fourth-order valence-electron chi connectivity index (χ4n) is 4.94. The van der Waals surface area contributed by atoms with Crippen LogP contribution >= 0.6 is 23.1 Å². The number of nitrogens with zero attached hydrogens (tertiary/aromatic N) is 3. The quantitative estimate of drug-likeness (QED) is 0.170. The second kappa shape index (κ2) is 13.4. The van der Waals surface area contributed by atoms with Crippen LogP contribution in [0.4, 0.5) is 5.00 Å². The molecule has 12 heteroatoms. The van der Waals surface area contributed by atoms with Gasteiger partial charge < -0.3 is 20.1 Å². The average molecular weight is 620 g/mol. The van der Waals surface area contributed by atoms with Crippen LogP contribution in [0.3, 0.4) is 0 Å². The Labute approximate surface area is 258 Å². The Hall–Kier alpha value is -4.16. The van der Waals surface area contributed by atoms with Crippen LogP contribution in [-0.4, -0.2) is 51.5 Å². The van der Waals surface area contributed by atoms with Crippen molar-refractivity contribution in [2.75, 3.05) is 19.0 Å². The number of aryl methyl sites for hydroxylation is 2. The van der Waals surface area contributed by atoms with E-state index in [0.29, 0.717) is 32.9 Å². The summed E-state index contributed by atoms with van der Waals surface area (Å²) in [7, 11) is 1.52. The van der Waals surface area contributed by atoms with Gasteiger partial charge in [0.1, 0.15) is 10.8 Å². The highest BCUT2D eigenvalue weighted by Crippen LogP contribution is 2.40. The van der Waals surface area contributed by atoms with E-state index in [1.807, 2.05) is 35.8 Å². The number of carbonyl (C=O) groups excluding carboxylic acids is 3. The van der Waals surface area contributed by atoms with Crippen molar-refractivity contribution >= 4 is 45.9 Å². The first-order chi connectivity index (χ1) is 20.8. The second-order valence-corrected chi connectivity index (χ2v) is 12.4. The van der Waals surface area contributed by atoms with Crippen LogP contribution in [-0.2, 0) is 28.9 Å². The second-order valence-electron chi connectivity index (χ2n) is 9.99. The number of amides is 2. The molecule has 1 aliphatic carbocycles. The number of fused-ring (bicyclic) bond motifs is 1. The van der Waals surface area contributed by atoms with Crippen LogP contribution in [0.5, 0.6) is 5.75 Å². The third-order valence-corrected chi connectivity index (χ3v) is 9.26. The van der Waals surface area contributed by atoms with Gasteiger partial charge in [-0.3, -0.25) is 14.2 Å². The number of anilines is 1. The number of thioether (sulfide) groups is 1. The molecule has 1 atom stereocenters. The molecule has 4 aromatic rings. The highest BCUT2D eigenvalue weighted by molar-refractivity contribution is 8.00. The van der Waals surface area contributed by atoms with Gasteiger partial charge in [-0.05, 0) is 75.4 Å². The lowest BCUT2D eigenvalue weighted by Gasteiger charge is -2.15. The summed E-state index contributed by atoms with van der Waals surface area (Å²) in [6.07, 6.45) is 2.68. The standard InChI is InChI=1S/C31H33N5O5S2/c1-5-41-30(39)26-22-13-9-15-24(22)43-29(26)33-27(37)19(3)42-31-35-34-25(36(31)20-11-8-10-18(2)16-20)17-32-28(38)21-12-6-7-14-23(21)40-4/h6-8,10-12,14,16,19H,5,9,13,15,17H2,1-4H3,(H,32,38)(H,33,37)/t19-/m0/s1. The molecule has 224 valence electrons. The fourth-order valence-corrected chi connectivity index (χ4v) is 7.11. The summed E-state index contributed by atoms with van der Waals surface area (Å²) in [5.41, 5.74) is 3.71. The number of hydrogen-bond acceptors (Lipinski definition) is 9. The molecule has 0 spiro atoms. The van der Waals surface area contributed by atoms with Gasteiger partial charge in [0.25, 0.3) is 5.91 Å². The van der Waals surface area contributed by atoms with Crippen molar-refractivity contribution in [2.45, 2.75) is 57.0 Å². The Bertz CT molecular complexity index is 1660. The molecule has 2 heterocycles. The minimum absolute atomic E-state index is 0.0998. The molecule has 2 aromatic heterocycles. The molecule has 0 fully saturated rings.